The number of carboxylic acid groups (broad SMARTS) is 1. The van der Waals surface area contributed by atoms with Crippen LogP contribution in [0.25, 0.3) is 0 Å². The van der Waals surface area contributed by atoms with E-state index in [0.29, 0.717) is 11.3 Å². The number of aryl methyl sites for hydroxylation is 1. The number of carboxylic acids is 1. The summed E-state index contributed by atoms with van der Waals surface area (Å²) in [5, 5.41) is 8.52. The maximum absolute atomic E-state index is 11.7. The summed E-state index contributed by atoms with van der Waals surface area (Å²) in [4.78, 5) is 30.8. The lowest BCUT2D eigenvalue weighted by Crippen LogP contribution is -2.32. The van der Waals surface area contributed by atoms with Gasteiger partial charge in [0.25, 0.3) is 5.91 Å². The van der Waals surface area contributed by atoms with E-state index in [1.165, 1.54) is 19.6 Å². The molecule has 0 fully saturated rings. The van der Waals surface area contributed by atoms with Crippen LogP contribution in [0.1, 0.15) is 16.1 Å². The number of aromatic nitrogens is 2. The van der Waals surface area contributed by atoms with Gasteiger partial charge in [-0.2, -0.15) is 0 Å². The lowest BCUT2D eigenvalue weighted by atomic mass is 10.2. The molecule has 1 aromatic heterocycles. The third-order valence-corrected chi connectivity index (χ3v) is 1.86. The summed E-state index contributed by atoms with van der Waals surface area (Å²) in [6.07, 6.45) is 2.71. The Kier molecular flexibility index (Phi) is 3.33. The number of hydrogen-bond acceptors (Lipinski definition) is 4. The Hall–Kier alpha value is -1.98. The van der Waals surface area contributed by atoms with Crippen LogP contribution >= 0.6 is 0 Å². The summed E-state index contributed by atoms with van der Waals surface area (Å²) < 4.78 is 0. The maximum atomic E-state index is 11.7. The van der Waals surface area contributed by atoms with Gasteiger partial charge >= 0.3 is 5.97 Å². The van der Waals surface area contributed by atoms with Gasteiger partial charge in [0.15, 0.2) is 0 Å². The number of carbonyl (C=O) groups excluding carboxylic acids is 1. The third-order valence-electron chi connectivity index (χ3n) is 1.86. The number of aliphatic carboxylic acids is 1. The Morgan fingerprint density at radius 1 is 1.53 bits per heavy atom. The van der Waals surface area contributed by atoms with E-state index < -0.39 is 11.9 Å². The minimum absolute atomic E-state index is 0.321. The zero-order valence-corrected chi connectivity index (χ0v) is 8.47. The summed E-state index contributed by atoms with van der Waals surface area (Å²) in [6.45, 7) is 1.33. The number of amides is 1. The predicted octanol–water partition coefficient (Wildman–Crippen LogP) is -0.0584. The molecule has 15 heavy (non-hydrogen) atoms. The van der Waals surface area contributed by atoms with Crippen LogP contribution in [0.3, 0.4) is 0 Å². The summed E-state index contributed by atoms with van der Waals surface area (Å²) in [7, 11) is 1.42. The number of nitrogens with zero attached hydrogens (tertiary/aromatic N) is 3. The molecule has 0 atom stereocenters. The highest BCUT2D eigenvalue weighted by molar-refractivity contribution is 5.96. The molecule has 0 saturated heterocycles. The first-order valence-electron chi connectivity index (χ1n) is 4.26. The van der Waals surface area contributed by atoms with Gasteiger partial charge < -0.3 is 10.0 Å². The van der Waals surface area contributed by atoms with Crippen molar-refractivity contribution in [1.29, 1.82) is 0 Å². The molecule has 1 N–H and O–H groups in total. The molecule has 1 rings (SSSR count). The molecule has 0 spiro atoms. The minimum Gasteiger partial charge on any atom is -0.480 e. The van der Waals surface area contributed by atoms with Gasteiger partial charge in [-0.05, 0) is 6.92 Å². The molecule has 0 saturated carbocycles. The van der Waals surface area contributed by atoms with Crippen molar-refractivity contribution >= 4 is 11.9 Å². The van der Waals surface area contributed by atoms with E-state index in [1.54, 1.807) is 6.92 Å². The minimum atomic E-state index is -1.06. The lowest BCUT2D eigenvalue weighted by Gasteiger charge is -2.14. The van der Waals surface area contributed by atoms with E-state index in [0.717, 1.165) is 4.90 Å². The van der Waals surface area contributed by atoms with E-state index in [2.05, 4.69) is 9.97 Å². The predicted molar refractivity (Wildman–Crippen MR) is 51.4 cm³/mol. The number of carbonyl (C=O) groups is 2. The van der Waals surface area contributed by atoms with Crippen LogP contribution in [0.4, 0.5) is 0 Å². The molecule has 0 unspecified atom stereocenters. The van der Waals surface area contributed by atoms with Crippen molar-refractivity contribution in [2.45, 2.75) is 6.92 Å². The average Bonchev–Trinajstić information content (AvgIpc) is 2.16. The lowest BCUT2D eigenvalue weighted by molar-refractivity contribution is -0.137. The fraction of sp³-hybridized carbons (Fsp3) is 0.333. The molecular formula is C9H11N3O3. The molecule has 1 heterocycles. The zero-order valence-electron chi connectivity index (χ0n) is 8.47. The van der Waals surface area contributed by atoms with Crippen LogP contribution in [-0.4, -0.2) is 45.4 Å². The SMILES string of the molecule is Cc1ncncc1C(=O)N(C)CC(=O)O. The Balaban J connectivity index is 2.85. The molecule has 80 valence electrons. The number of likely N-dealkylation sites (N-methyl/N-ethyl adjacent to an activating group) is 1. The van der Waals surface area contributed by atoms with Gasteiger partial charge in [-0.1, -0.05) is 0 Å². The standard InChI is InChI=1S/C9H11N3O3/c1-6-7(3-10-5-11-6)9(15)12(2)4-8(13)14/h3,5H,4H2,1-2H3,(H,13,14). The van der Waals surface area contributed by atoms with Gasteiger partial charge in [-0.15, -0.1) is 0 Å². The van der Waals surface area contributed by atoms with Crippen molar-refractivity contribution in [1.82, 2.24) is 14.9 Å². The van der Waals surface area contributed by atoms with E-state index in [1.807, 2.05) is 0 Å². The maximum Gasteiger partial charge on any atom is 0.323 e. The molecule has 1 amide bonds. The molecule has 0 aliphatic carbocycles. The molecule has 1 aromatic rings. The van der Waals surface area contributed by atoms with Crippen molar-refractivity contribution < 1.29 is 14.7 Å². The van der Waals surface area contributed by atoms with Gasteiger partial charge in [-0.3, -0.25) is 9.59 Å². The molecule has 6 heteroatoms. The quantitative estimate of drug-likeness (QED) is 0.754. The number of hydrogen-bond donors (Lipinski definition) is 1. The summed E-state index contributed by atoms with van der Waals surface area (Å²) in [5.41, 5.74) is 0.855. The van der Waals surface area contributed by atoms with Crippen LogP contribution in [0, 0.1) is 6.92 Å². The van der Waals surface area contributed by atoms with Gasteiger partial charge in [0.05, 0.1) is 11.3 Å². The second-order valence-corrected chi connectivity index (χ2v) is 3.08. The summed E-state index contributed by atoms with van der Waals surface area (Å²) >= 11 is 0. The molecule has 6 nitrogen and oxygen atoms in total. The Morgan fingerprint density at radius 3 is 2.73 bits per heavy atom. The van der Waals surface area contributed by atoms with Crippen molar-refractivity contribution in [2.75, 3.05) is 13.6 Å². The second kappa shape index (κ2) is 4.50. The van der Waals surface area contributed by atoms with Gasteiger partial charge in [0.1, 0.15) is 12.9 Å². The molecule has 0 radical (unpaired) electrons. The van der Waals surface area contributed by atoms with Crippen LogP contribution in [0.15, 0.2) is 12.5 Å². The van der Waals surface area contributed by atoms with Crippen LogP contribution in [-0.2, 0) is 4.79 Å². The Labute approximate surface area is 86.6 Å². The van der Waals surface area contributed by atoms with E-state index in [9.17, 15) is 9.59 Å². The van der Waals surface area contributed by atoms with E-state index in [4.69, 9.17) is 5.11 Å². The van der Waals surface area contributed by atoms with Crippen molar-refractivity contribution in [2.24, 2.45) is 0 Å². The summed E-state index contributed by atoms with van der Waals surface area (Å²) in [6, 6.07) is 0. The molecular weight excluding hydrogens is 198 g/mol. The molecule has 0 aliphatic rings. The van der Waals surface area contributed by atoms with Crippen LogP contribution in [0.5, 0.6) is 0 Å². The van der Waals surface area contributed by atoms with Gasteiger partial charge in [0.2, 0.25) is 0 Å². The first kappa shape index (κ1) is 11.1. The van der Waals surface area contributed by atoms with Gasteiger partial charge in [0, 0.05) is 13.2 Å². The average molecular weight is 209 g/mol. The fourth-order valence-corrected chi connectivity index (χ4v) is 1.08. The molecule has 0 aromatic carbocycles. The van der Waals surface area contributed by atoms with E-state index in [-0.39, 0.29) is 6.54 Å². The smallest absolute Gasteiger partial charge is 0.323 e. The van der Waals surface area contributed by atoms with Crippen LogP contribution < -0.4 is 0 Å². The fourth-order valence-electron chi connectivity index (χ4n) is 1.08. The first-order chi connectivity index (χ1) is 7.02. The van der Waals surface area contributed by atoms with Crippen molar-refractivity contribution in [3.05, 3.63) is 23.8 Å². The Morgan fingerprint density at radius 2 is 2.20 bits per heavy atom. The zero-order chi connectivity index (χ0) is 11.4. The number of rotatable bonds is 3. The van der Waals surface area contributed by atoms with Gasteiger partial charge in [-0.25, -0.2) is 9.97 Å². The van der Waals surface area contributed by atoms with Crippen molar-refractivity contribution in [3.8, 4) is 0 Å². The van der Waals surface area contributed by atoms with Crippen molar-refractivity contribution in [3.63, 3.8) is 0 Å². The van der Waals surface area contributed by atoms with Crippen LogP contribution in [0.2, 0.25) is 0 Å². The largest absolute Gasteiger partial charge is 0.480 e. The first-order valence-corrected chi connectivity index (χ1v) is 4.26. The topological polar surface area (TPSA) is 83.4 Å². The monoisotopic (exact) mass is 209 g/mol. The molecule has 0 bridgehead atoms. The highest BCUT2D eigenvalue weighted by atomic mass is 16.4. The van der Waals surface area contributed by atoms with E-state index >= 15 is 0 Å². The molecule has 0 aliphatic heterocycles. The third kappa shape index (κ3) is 2.73. The summed E-state index contributed by atoms with van der Waals surface area (Å²) in [5.74, 6) is -1.45. The normalized spacial score (nSPS) is 9.73. The highest BCUT2D eigenvalue weighted by Gasteiger charge is 2.16. The Bertz CT molecular complexity index is 392. The second-order valence-electron chi connectivity index (χ2n) is 3.08. The highest BCUT2D eigenvalue weighted by Crippen LogP contribution is 2.05.